The molecule has 0 aliphatic carbocycles. The summed E-state index contributed by atoms with van der Waals surface area (Å²) in [5.74, 6) is 0. The molecular formula is C14H30N2O2. The molecule has 0 bridgehead atoms. The predicted octanol–water partition coefficient (Wildman–Crippen LogP) is 1.10. The third kappa shape index (κ3) is 4.84. The standard InChI is InChI=1S/C14H30N2O2/c1-4-14(5-2)6-8-16(12-14)11-13(17)10-15-7-9-18-3/h13,15,17H,4-12H2,1-3H3. The van der Waals surface area contributed by atoms with Crippen LogP contribution in [0.1, 0.15) is 33.1 Å². The van der Waals surface area contributed by atoms with Crippen molar-refractivity contribution in [3.8, 4) is 0 Å². The minimum absolute atomic E-state index is 0.272. The van der Waals surface area contributed by atoms with Crippen LogP contribution in [0.2, 0.25) is 0 Å². The fourth-order valence-electron chi connectivity index (χ4n) is 2.82. The van der Waals surface area contributed by atoms with E-state index in [0.29, 0.717) is 18.6 Å². The molecule has 0 aromatic heterocycles. The van der Waals surface area contributed by atoms with E-state index in [-0.39, 0.29) is 6.10 Å². The van der Waals surface area contributed by atoms with Crippen LogP contribution in [-0.2, 0) is 4.74 Å². The van der Waals surface area contributed by atoms with Crippen molar-refractivity contribution in [3.05, 3.63) is 0 Å². The van der Waals surface area contributed by atoms with E-state index in [2.05, 4.69) is 24.1 Å². The molecule has 4 heteroatoms. The lowest BCUT2D eigenvalue weighted by Gasteiger charge is -2.27. The van der Waals surface area contributed by atoms with Crippen molar-refractivity contribution in [3.63, 3.8) is 0 Å². The van der Waals surface area contributed by atoms with Crippen molar-refractivity contribution < 1.29 is 9.84 Å². The molecule has 1 atom stereocenters. The summed E-state index contributed by atoms with van der Waals surface area (Å²) in [6.07, 6.45) is 3.51. The van der Waals surface area contributed by atoms with E-state index >= 15 is 0 Å². The first-order chi connectivity index (χ1) is 8.65. The maximum Gasteiger partial charge on any atom is 0.0791 e. The molecule has 1 saturated heterocycles. The minimum Gasteiger partial charge on any atom is -0.390 e. The molecule has 1 unspecified atom stereocenters. The van der Waals surface area contributed by atoms with Crippen molar-refractivity contribution >= 4 is 0 Å². The number of β-amino-alcohol motifs (C(OH)–C–C–N with tert-alkyl or cyclic N) is 1. The number of aliphatic hydroxyl groups excluding tert-OH is 1. The van der Waals surface area contributed by atoms with Crippen LogP contribution in [0.5, 0.6) is 0 Å². The van der Waals surface area contributed by atoms with Gasteiger partial charge in [0.1, 0.15) is 0 Å². The Bertz CT molecular complexity index is 220. The summed E-state index contributed by atoms with van der Waals surface area (Å²) in [4.78, 5) is 2.41. The van der Waals surface area contributed by atoms with Crippen LogP contribution in [0.15, 0.2) is 0 Å². The smallest absolute Gasteiger partial charge is 0.0791 e. The zero-order valence-electron chi connectivity index (χ0n) is 12.2. The minimum atomic E-state index is -0.272. The van der Waals surface area contributed by atoms with E-state index in [4.69, 9.17) is 4.74 Å². The molecule has 0 radical (unpaired) electrons. The lowest BCUT2D eigenvalue weighted by molar-refractivity contribution is 0.112. The van der Waals surface area contributed by atoms with Crippen LogP contribution in [-0.4, -0.2) is 62.6 Å². The molecule has 1 heterocycles. The molecule has 0 amide bonds. The highest BCUT2D eigenvalue weighted by Crippen LogP contribution is 2.36. The Hall–Kier alpha value is -0.160. The Morgan fingerprint density at radius 2 is 2.11 bits per heavy atom. The zero-order chi connectivity index (χ0) is 13.4. The van der Waals surface area contributed by atoms with Gasteiger partial charge in [-0.1, -0.05) is 13.8 Å². The first kappa shape index (κ1) is 15.9. The Morgan fingerprint density at radius 1 is 1.39 bits per heavy atom. The number of rotatable bonds is 9. The van der Waals surface area contributed by atoms with E-state index in [0.717, 1.165) is 26.2 Å². The van der Waals surface area contributed by atoms with Crippen LogP contribution in [0.25, 0.3) is 0 Å². The van der Waals surface area contributed by atoms with Gasteiger partial charge in [0.25, 0.3) is 0 Å². The fourth-order valence-corrected chi connectivity index (χ4v) is 2.82. The number of likely N-dealkylation sites (tertiary alicyclic amines) is 1. The van der Waals surface area contributed by atoms with Gasteiger partial charge in [0, 0.05) is 33.3 Å². The van der Waals surface area contributed by atoms with E-state index in [9.17, 15) is 5.11 Å². The quantitative estimate of drug-likeness (QED) is 0.608. The van der Waals surface area contributed by atoms with Crippen molar-refractivity contribution in [1.29, 1.82) is 0 Å². The summed E-state index contributed by atoms with van der Waals surface area (Å²) in [7, 11) is 1.69. The Morgan fingerprint density at radius 3 is 2.67 bits per heavy atom. The van der Waals surface area contributed by atoms with Crippen LogP contribution in [0.4, 0.5) is 0 Å². The average molecular weight is 258 g/mol. The Balaban J connectivity index is 2.19. The molecule has 1 aliphatic heterocycles. The second-order valence-corrected chi connectivity index (χ2v) is 5.54. The molecule has 2 N–H and O–H groups in total. The summed E-state index contributed by atoms with van der Waals surface area (Å²) in [6.45, 7) is 9.82. The molecule has 0 saturated carbocycles. The summed E-state index contributed by atoms with van der Waals surface area (Å²) < 4.78 is 4.96. The molecule has 0 spiro atoms. The summed E-state index contributed by atoms with van der Waals surface area (Å²) in [5.41, 5.74) is 0.503. The highest BCUT2D eigenvalue weighted by molar-refractivity contribution is 4.88. The maximum absolute atomic E-state index is 9.98. The molecule has 18 heavy (non-hydrogen) atoms. The first-order valence-corrected chi connectivity index (χ1v) is 7.26. The van der Waals surface area contributed by atoms with Gasteiger partial charge in [0.2, 0.25) is 0 Å². The van der Waals surface area contributed by atoms with E-state index < -0.39 is 0 Å². The first-order valence-electron chi connectivity index (χ1n) is 7.26. The van der Waals surface area contributed by atoms with Gasteiger partial charge in [0.05, 0.1) is 12.7 Å². The average Bonchev–Trinajstić information content (AvgIpc) is 2.79. The van der Waals surface area contributed by atoms with Crippen molar-refractivity contribution in [2.45, 2.75) is 39.2 Å². The molecule has 0 aromatic rings. The van der Waals surface area contributed by atoms with E-state index in [1.54, 1.807) is 7.11 Å². The molecule has 1 rings (SSSR count). The second kappa shape index (κ2) is 8.10. The number of hydrogen-bond donors (Lipinski definition) is 2. The third-order valence-electron chi connectivity index (χ3n) is 4.35. The predicted molar refractivity (Wildman–Crippen MR) is 74.8 cm³/mol. The number of hydrogen-bond acceptors (Lipinski definition) is 4. The molecule has 0 aromatic carbocycles. The molecule has 108 valence electrons. The number of nitrogens with zero attached hydrogens (tertiary/aromatic N) is 1. The second-order valence-electron chi connectivity index (χ2n) is 5.54. The van der Waals surface area contributed by atoms with Crippen LogP contribution in [0.3, 0.4) is 0 Å². The van der Waals surface area contributed by atoms with Crippen LogP contribution >= 0.6 is 0 Å². The number of ether oxygens (including phenoxy) is 1. The van der Waals surface area contributed by atoms with Gasteiger partial charge in [0.15, 0.2) is 0 Å². The summed E-state index contributed by atoms with van der Waals surface area (Å²) >= 11 is 0. The molecule has 1 fully saturated rings. The Kier molecular flexibility index (Phi) is 7.15. The van der Waals surface area contributed by atoms with Gasteiger partial charge in [-0.15, -0.1) is 0 Å². The Labute approximate surface area is 112 Å². The van der Waals surface area contributed by atoms with Gasteiger partial charge in [-0.05, 0) is 31.2 Å². The van der Waals surface area contributed by atoms with Crippen LogP contribution in [0, 0.1) is 5.41 Å². The summed E-state index contributed by atoms with van der Waals surface area (Å²) in [6, 6.07) is 0. The SMILES string of the molecule is CCC1(CC)CCN(CC(O)CNCCOC)C1. The van der Waals surface area contributed by atoms with Gasteiger partial charge < -0.3 is 20.1 Å². The monoisotopic (exact) mass is 258 g/mol. The van der Waals surface area contributed by atoms with Crippen LogP contribution < -0.4 is 5.32 Å². The lowest BCUT2D eigenvalue weighted by atomic mass is 9.82. The number of nitrogens with one attached hydrogen (secondary N) is 1. The fraction of sp³-hybridized carbons (Fsp3) is 1.00. The highest BCUT2D eigenvalue weighted by atomic mass is 16.5. The van der Waals surface area contributed by atoms with E-state index in [1.807, 2.05) is 0 Å². The largest absolute Gasteiger partial charge is 0.390 e. The van der Waals surface area contributed by atoms with Crippen molar-refractivity contribution in [2.75, 3.05) is 46.4 Å². The van der Waals surface area contributed by atoms with Crippen molar-refractivity contribution in [1.82, 2.24) is 10.2 Å². The maximum atomic E-state index is 9.98. The zero-order valence-corrected chi connectivity index (χ0v) is 12.2. The van der Waals surface area contributed by atoms with Gasteiger partial charge in [-0.2, -0.15) is 0 Å². The summed E-state index contributed by atoms with van der Waals surface area (Å²) in [5, 5.41) is 13.2. The topological polar surface area (TPSA) is 44.7 Å². The number of methoxy groups -OCH3 is 1. The van der Waals surface area contributed by atoms with Gasteiger partial charge in [-0.25, -0.2) is 0 Å². The highest BCUT2D eigenvalue weighted by Gasteiger charge is 2.35. The van der Waals surface area contributed by atoms with Gasteiger partial charge >= 0.3 is 0 Å². The molecule has 4 nitrogen and oxygen atoms in total. The lowest BCUT2D eigenvalue weighted by Crippen LogP contribution is -2.39. The molecular weight excluding hydrogens is 228 g/mol. The van der Waals surface area contributed by atoms with Gasteiger partial charge in [-0.3, -0.25) is 0 Å². The van der Waals surface area contributed by atoms with E-state index in [1.165, 1.54) is 19.3 Å². The number of aliphatic hydroxyl groups is 1. The van der Waals surface area contributed by atoms with Crippen molar-refractivity contribution in [2.24, 2.45) is 5.41 Å². The molecule has 1 aliphatic rings. The third-order valence-corrected chi connectivity index (χ3v) is 4.35. The normalized spacial score (nSPS) is 21.3.